The van der Waals surface area contributed by atoms with Gasteiger partial charge in [-0.1, -0.05) is 114 Å². The minimum Gasteiger partial charge on any atom is -0.0984 e. The van der Waals surface area contributed by atoms with E-state index in [-0.39, 0.29) is 5.41 Å². The van der Waals surface area contributed by atoms with Crippen molar-refractivity contribution in [2.75, 3.05) is 0 Å². The second kappa shape index (κ2) is 9.91. The Balaban J connectivity index is 0.00000163. The molecule has 1 aromatic carbocycles. The quantitative estimate of drug-likeness (QED) is 0.548. The maximum atomic E-state index is 6.49. The molecule has 0 heterocycles. The Hall–Kier alpha value is -1.24. The number of rotatable bonds is 3. The molecule has 0 bridgehead atoms. The van der Waals surface area contributed by atoms with Crippen molar-refractivity contribution >= 4 is 48.0 Å². The van der Waals surface area contributed by atoms with Gasteiger partial charge in [0.05, 0.1) is 10.0 Å². The predicted molar refractivity (Wildman–Crippen MR) is 115 cm³/mol. The first-order chi connectivity index (χ1) is 11.1. The molecule has 1 rings (SSSR count). The zero-order valence-corrected chi connectivity index (χ0v) is 17.4. The number of benzene rings is 1. The Bertz CT molecular complexity index is 729. The summed E-state index contributed by atoms with van der Waals surface area (Å²) >= 11 is 12.9. The van der Waals surface area contributed by atoms with Crippen molar-refractivity contribution in [1.29, 1.82) is 0 Å². The van der Waals surface area contributed by atoms with Gasteiger partial charge in [0.1, 0.15) is 0 Å². The Morgan fingerprint density at radius 1 is 1.00 bits per heavy atom. The first-order valence-electron chi connectivity index (χ1n) is 8.20. The molecule has 0 spiro atoms. The highest BCUT2D eigenvalue weighted by Gasteiger charge is 2.12. The average molecular weight is 365 g/mol. The number of hydrogen-bond donors (Lipinski definition) is 0. The number of halogens is 2. The predicted octanol–water partition coefficient (Wildman–Crippen LogP) is 6.88. The molecule has 0 atom stereocenters. The summed E-state index contributed by atoms with van der Waals surface area (Å²) in [6, 6.07) is 0. The van der Waals surface area contributed by atoms with Gasteiger partial charge >= 0.3 is 0 Å². The van der Waals surface area contributed by atoms with Crippen molar-refractivity contribution in [2.24, 2.45) is 5.41 Å². The van der Waals surface area contributed by atoms with Gasteiger partial charge in [-0.05, 0) is 17.6 Å². The van der Waals surface area contributed by atoms with Gasteiger partial charge in [-0.3, -0.25) is 0 Å². The average Bonchev–Trinajstić information content (AvgIpc) is 2.50. The van der Waals surface area contributed by atoms with Crippen LogP contribution in [0.5, 0.6) is 0 Å². The summed E-state index contributed by atoms with van der Waals surface area (Å²) in [5, 5.41) is 2.70. The molecule has 0 aliphatic heterocycles. The van der Waals surface area contributed by atoms with Crippen molar-refractivity contribution in [3.63, 3.8) is 0 Å². The molecule has 0 unspecified atom stereocenters. The van der Waals surface area contributed by atoms with Crippen LogP contribution in [-0.4, -0.2) is 0 Å². The summed E-state index contributed by atoms with van der Waals surface area (Å²) in [4.78, 5) is 0. The highest BCUT2D eigenvalue weighted by atomic mass is 35.5. The van der Waals surface area contributed by atoms with Gasteiger partial charge in [0.2, 0.25) is 0 Å². The molecule has 0 radical (unpaired) electrons. The maximum Gasteiger partial charge on any atom is 0.0563 e. The van der Waals surface area contributed by atoms with E-state index in [1.165, 1.54) is 12.0 Å². The second-order valence-electron chi connectivity index (χ2n) is 6.73. The third-order valence-corrected chi connectivity index (χ3v) is 4.52. The third-order valence-electron chi connectivity index (χ3n) is 3.68. The zero-order valence-electron chi connectivity index (χ0n) is 15.9. The van der Waals surface area contributed by atoms with Crippen LogP contribution in [0.3, 0.4) is 0 Å². The van der Waals surface area contributed by atoms with E-state index in [2.05, 4.69) is 67.4 Å². The smallest absolute Gasteiger partial charge is 0.0563 e. The van der Waals surface area contributed by atoms with Crippen LogP contribution in [0.4, 0.5) is 0 Å². The van der Waals surface area contributed by atoms with Crippen molar-refractivity contribution in [3.05, 3.63) is 56.4 Å². The van der Waals surface area contributed by atoms with Gasteiger partial charge in [0, 0.05) is 16.3 Å². The van der Waals surface area contributed by atoms with Crippen LogP contribution in [0.25, 0.3) is 24.8 Å². The fourth-order valence-corrected chi connectivity index (χ4v) is 2.46. The summed E-state index contributed by atoms with van der Waals surface area (Å²) in [6.45, 7) is 24.5. The third kappa shape index (κ3) is 5.69. The monoisotopic (exact) mass is 364 g/mol. The summed E-state index contributed by atoms with van der Waals surface area (Å²) in [5.74, 6) is 0. The van der Waals surface area contributed by atoms with Gasteiger partial charge in [-0.15, -0.1) is 0 Å². The minimum atomic E-state index is 0.108. The lowest BCUT2D eigenvalue weighted by Gasteiger charge is -2.18. The van der Waals surface area contributed by atoms with Gasteiger partial charge in [-0.2, -0.15) is 0 Å². The van der Waals surface area contributed by atoms with Gasteiger partial charge in [0.15, 0.2) is 0 Å². The van der Waals surface area contributed by atoms with Crippen LogP contribution in [0, 0.1) is 5.41 Å². The highest BCUT2D eigenvalue weighted by molar-refractivity contribution is 6.35. The Morgan fingerprint density at radius 2 is 1.42 bits per heavy atom. The lowest BCUT2D eigenvalue weighted by molar-refractivity contribution is 0.504. The van der Waals surface area contributed by atoms with E-state index in [9.17, 15) is 0 Å². The van der Waals surface area contributed by atoms with Crippen molar-refractivity contribution < 1.29 is 0 Å². The lowest BCUT2D eigenvalue weighted by Crippen LogP contribution is -2.27. The van der Waals surface area contributed by atoms with E-state index in [1.54, 1.807) is 12.2 Å². The highest BCUT2D eigenvalue weighted by Crippen LogP contribution is 2.25. The van der Waals surface area contributed by atoms with Crippen LogP contribution in [0.1, 0.15) is 59.1 Å². The van der Waals surface area contributed by atoms with Crippen molar-refractivity contribution in [3.8, 4) is 0 Å². The minimum absolute atomic E-state index is 0.108. The summed E-state index contributed by atoms with van der Waals surface area (Å²) < 4.78 is 0. The fraction of sp³-hybridized carbons (Fsp3) is 0.364. The van der Waals surface area contributed by atoms with Crippen LogP contribution in [0.15, 0.2) is 24.8 Å². The van der Waals surface area contributed by atoms with Crippen molar-refractivity contribution in [1.82, 2.24) is 0 Å². The van der Waals surface area contributed by atoms with E-state index in [4.69, 9.17) is 23.2 Å². The molecule has 0 nitrogen and oxygen atoms in total. The van der Waals surface area contributed by atoms with Gasteiger partial charge < -0.3 is 0 Å². The first kappa shape index (κ1) is 22.8. The summed E-state index contributed by atoms with van der Waals surface area (Å²) in [7, 11) is 0. The molecular weight excluding hydrogens is 335 g/mol. The molecule has 132 valence electrons. The Kier molecular flexibility index (Phi) is 9.40. The molecule has 0 aliphatic carbocycles. The largest absolute Gasteiger partial charge is 0.0984 e. The molecule has 2 heteroatoms. The Labute approximate surface area is 157 Å². The molecule has 1 aromatic rings. The van der Waals surface area contributed by atoms with Crippen LogP contribution < -0.4 is 10.4 Å². The normalized spacial score (nSPS) is 12.5. The lowest BCUT2D eigenvalue weighted by atomic mass is 9.87. The summed E-state index contributed by atoms with van der Waals surface area (Å²) in [6.07, 6.45) is 8.66. The molecule has 0 aliphatic rings. The van der Waals surface area contributed by atoms with Crippen molar-refractivity contribution in [2.45, 2.75) is 48.0 Å². The topological polar surface area (TPSA) is 0 Å². The molecule has 0 saturated heterocycles. The van der Waals surface area contributed by atoms with Gasteiger partial charge in [0.25, 0.3) is 0 Å². The summed E-state index contributed by atoms with van der Waals surface area (Å²) in [5.41, 5.74) is 2.92. The SMILES string of the molecule is C=Cc1c(C=C)c(Cl)/c(=C/C=C(\C)C(C)(C)C)c(=C)c1Cl.CCC. The van der Waals surface area contributed by atoms with E-state index >= 15 is 0 Å². The fourth-order valence-electron chi connectivity index (χ4n) is 1.83. The first-order valence-corrected chi connectivity index (χ1v) is 8.96. The van der Waals surface area contributed by atoms with E-state index in [1.807, 2.05) is 6.08 Å². The van der Waals surface area contributed by atoms with E-state index in [0.29, 0.717) is 15.3 Å². The molecule has 0 N–H and O–H groups in total. The second-order valence-corrected chi connectivity index (χ2v) is 7.49. The molecular formula is C22H30Cl2. The standard InChI is InChI=1S/C19H22Cl2.C3H8/c1-8-14-15(9-2)18(21)16(13(4)17(14)20)11-10-12(3)19(5,6)7;1-3-2/h8-11H,1-2,4H2,3,5-7H3;3H2,1-2H3/b12-10+,16-11+;. The molecule has 0 fully saturated rings. The molecule has 24 heavy (non-hydrogen) atoms. The Morgan fingerprint density at radius 3 is 1.79 bits per heavy atom. The molecule has 0 amide bonds. The van der Waals surface area contributed by atoms with E-state index < -0.39 is 0 Å². The van der Waals surface area contributed by atoms with Crippen LogP contribution in [-0.2, 0) is 0 Å². The number of allylic oxidation sites excluding steroid dienone is 2. The zero-order chi connectivity index (χ0) is 19.1. The van der Waals surface area contributed by atoms with Crippen LogP contribution in [0.2, 0.25) is 10.0 Å². The number of hydrogen-bond acceptors (Lipinski definition) is 0. The molecule has 0 aromatic heterocycles. The van der Waals surface area contributed by atoms with Crippen LogP contribution >= 0.6 is 23.2 Å². The molecule has 0 saturated carbocycles. The van der Waals surface area contributed by atoms with E-state index in [0.717, 1.165) is 16.3 Å². The maximum absolute atomic E-state index is 6.49. The van der Waals surface area contributed by atoms with Gasteiger partial charge in [-0.25, -0.2) is 0 Å².